The zero-order valence-corrected chi connectivity index (χ0v) is 14.7. The number of hydrogen-bond acceptors (Lipinski definition) is 3. The Kier molecular flexibility index (Phi) is 5.89. The van der Waals surface area contributed by atoms with Crippen LogP contribution >= 0.6 is 0 Å². The second-order valence-electron chi connectivity index (χ2n) is 6.27. The van der Waals surface area contributed by atoms with Crippen LogP contribution in [0.5, 0.6) is 5.75 Å². The summed E-state index contributed by atoms with van der Waals surface area (Å²) < 4.78 is 10.7. The lowest BCUT2D eigenvalue weighted by Gasteiger charge is -2.10. The lowest BCUT2D eigenvalue weighted by atomic mass is 10.0. The topological polar surface area (TPSA) is 35.5 Å². The number of ether oxygens (including phenoxy) is 2. The van der Waals surface area contributed by atoms with Crippen LogP contribution in [-0.4, -0.2) is 19.7 Å². The molecule has 0 heterocycles. The molecule has 0 aromatic heterocycles. The Morgan fingerprint density at radius 2 is 1.56 bits per heavy atom. The minimum Gasteiger partial charge on any atom is -0.493 e. The summed E-state index contributed by atoms with van der Waals surface area (Å²) >= 11 is 0. The first-order valence-electron chi connectivity index (χ1n) is 8.89. The number of benzene rings is 3. The van der Waals surface area contributed by atoms with Crippen LogP contribution in [0.3, 0.4) is 0 Å². The molecule has 3 rings (SSSR count). The third-order valence-corrected chi connectivity index (χ3v) is 4.47. The number of rotatable bonds is 8. The molecule has 3 aromatic rings. The summed E-state index contributed by atoms with van der Waals surface area (Å²) in [7, 11) is 1.43. The van der Waals surface area contributed by atoms with E-state index in [2.05, 4.69) is 47.2 Å². The average Bonchev–Trinajstić information content (AvgIpc) is 2.65. The van der Waals surface area contributed by atoms with E-state index in [9.17, 15) is 4.79 Å². The summed E-state index contributed by atoms with van der Waals surface area (Å²) in [6.45, 7) is 0.699. The number of carbonyl (C=O) groups excluding carboxylic acids is 1. The molecule has 0 aliphatic heterocycles. The van der Waals surface area contributed by atoms with Crippen molar-refractivity contribution < 1.29 is 14.3 Å². The highest BCUT2D eigenvalue weighted by molar-refractivity contribution is 6.00. The molecule has 0 N–H and O–H groups in total. The van der Waals surface area contributed by atoms with Gasteiger partial charge in [0.1, 0.15) is 5.75 Å². The molecular weight excluding hydrogens is 312 g/mol. The smallest absolute Gasteiger partial charge is 0.305 e. The van der Waals surface area contributed by atoms with Gasteiger partial charge in [-0.15, -0.1) is 0 Å². The minimum absolute atomic E-state index is 0.126. The molecule has 0 fully saturated rings. The van der Waals surface area contributed by atoms with Gasteiger partial charge >= 0.3 is 5.97 Å². The van der Waals surface area contributed by atoms with Crippen molar-refractivity contribution in [3.63, 3.8) is 0 Å². The lowest BCUT2D eigenvalue weighted by Crippen LogP contribution is -2.00. The molecule has 0 unspecified atom stereocenters. The summed E-state index contributed by atoms with van der Waals surface area (Å²) in [6, 6.07) is 19.0. The van der Waals surface area contributed by atoms with Gasteiger partial charge < -0.3 is 9.47 Å². The average molecular weight is 336 g/mol. The number of esters is 1. The van der Waals surface area contributed by atoms with Crippen LogP contribution in [0.4, 0.5) is 0 Å². The Bertz CT molecular complexity index is 854. The van der Waals surface area contributed by atoms with Crippen LogP contribution in [0, 0.1) is 0 Å². The minimum atomic E-state index is -0.126. The Balaban J connectivity index is 1.56. The molecular formula is C22H24O3. The van der Waals surface area contributed by atoms with E-state index in [0.717, 1.165) is 36.8 Å². The summed E-state index contributed by atoms with van der Waals surface area (Å²) in [5.41, 5.74) is 0. The first-order valence-corrected chi connectivity index (χ1v) is 8.89. The summed E-state index contributed by atoms with van der Waals surface area (Å²) in [5.74, 6) is 0.817. The van der Waals surface area contributed by atoms with Gasteiger partial charge in [-0.1, -0.05) is 49.2 Å². The Morgan fingerprint density at radius 1 is 0.840 bits per heavy atom. The highest BCUT2D eigenvalue weighted by atomic mass is 16.5. The van der Waals surface area contributed by atoms with Gasteiger partial charge in [0.25, 0.3) is 0 Å². The molecule has 0 aliphatic carbocycles. The van der Waals surface area contributed by atoms with Crippen molar-refractivity contribution in [1.29, 1.82) is 0 Å². The molecule has 0 atom stereocenters. The number of carbonyl (C=O) groups is 1. The normalized spacial score (nSPS) is 10.9. The molecule has 0 bridgehead atoms. The molecule has 130 valence electrons. The molecule has 25 heavy (non-hydrogen) atoms. The first kappa shape index (κ1) is 17.3. The maximum absolute atomic E-state index is 11.1. The van der Waals surface area contributed by atoms with Gasteiger partial charge in [0, 0.05) is 11.8 Å². The second-order valence-corrected chi connectivity index (χ2v) is 6.27. The van der Waals surface area contributed by atoms with E-state index in [1.807, 2.05) is 12.1 Å². The van der Waals surface area contributed by atoms with Crippen LogP contribution in [0.1, 0.15) is 32.1 Å². The molecule has 0 saturated heterocycles. The van der Waals surface area contributed by atoms with E-state index in [4.69, 9.17) is 4.74 Å². The SMILES string of the molecule is COC(=O)CCCCCCOc1cccc2cc3ccccc3cc12. The van der Waals surface area contributed by atoms with Crippen molar-refractivity contribution >= 4 is 27.5 Å². The molecule has 3 heteroatoms. The summed E-state index contributed by atoms with van der Waals surface area (Å²) in [6.07, 6.45) is 4.47. The van der Waals surface area contributed by atoms with Crippen LogP contribution in [0.15, 0.2) is 54.6 Å². The van der Waals surface area contributed by atoms with Crippen LogP contribution in [0.25, 0.3) is 21.5 Å². The third-order valence-electron chi connectivity index (χ3n) is 4.47. The van der Waals surface area contributed by atoms with E-state index in [0.29, 0.717) is 13.0 Å². The van der Waals surface area contributed by atoms with Gasteiger partial charge in [-0.05, 0) is 47.2 Å². The quantitative estimate of drug-likeness (QED) is 0.310. The predicted octanol–water partition coefficient (Wildman–Crippen LogP) is 5.50. The van der Waals surface area contributed by atoms with E-state index in [-0.39, 0.29) is 5.97 Å². The number of methoxy groups -OCH3 is 1. The molecule has 0 spiro atoms. The number of fused-ring (bicyclic) bond motifs is 2. The molecule has 0 amide bonds. The van der Waals surface area contributed by atoms with Gasteiger partial charge in [-0.25, -0.2) is 0 Å². The number of unbranched alkanes of at least 4 members (excludes halogenated alkanes) is 3. The fourth-order valence-corrected chi connectivity index (χ4v) is 3.07. The second kappa shape index (κ2) is 8.52. The maximum atomic E-state index is 11.1. The Labute approximate surface area is 148 Å². The highest BCUT2D eigenvalue weighted by Gasteiger charge is 2.04. The van der Waals surface area contributed by atoms with E-state index < -0.39 is 0 Å². The summed E-state index contributed by atoms with van der Waals surface area (Å²) in [5, 5.41) is 4.84. The zero-order valence-electron chi connectivity index (χ0n) is 14.7. The number of hydrogen-bond donors (Lipinski definition) is 0. The van der Waals surface area contributed by atoms with Crippen molar-refractivity contribution in [3.05, 3.63) is 54.6 Å². The molecule has 0 saturated carbocycles. The maximum Gasteiger partial charge on any atom is 0.305 e. The fraction of sp³-hybridized carbons (Fsp3) is 0.318. The fourth-order valence-electron chi connectivity index (χ4n) is 3.07. The van der Waals surface area contributed by atoms with E-state index in [1.165, 1.54) is 23.3 Å². The van der Waals surface area contributed by atoms with Gasteiger partial charge in [0.05, 0.1) is 13.7 Å². The summed E-state index contributed by atoms with van der Waals surface area (Å²) in [4.78, 5) is 11.1. The zero-order chi connectivity index (χ0) is 17.5. The van der Waals surface area contributed by atoms with E-state index in [1.54, 1.807) is 0 Å². The standard InChI is InChI=1S/C22H24O3/c1-24-22(23)13-4-2-3-7-14-25-21-12-8-11-19-15-17-9-5-6-10-18(17)16-20(19)21/h5-6,8-12,15-16H,2-4,7,13-14H2,1H3. The van der Waals surface area contributed by atoms with Gasteiger partial charge in [-0.3, -0.25) is 4.79 Å². The monoisotopic (exact) mass is 336 g/mol. The molecule has 3 nitrogen and oxygen atoms in total. The van der Waals surface area contributed by atoms with Crippen LogP contribution in [0.2, 0.25) is 0 Å². The lowest BCUT2D eigenvalue weighted by molar-refractivity contribution is -0.140. The first-order chi connectivity index (χ1) is 12.3. The van der Waals surface area contributed by atoms with Crippen molar-refractivity contribution in [1.82, 2.24) is 0 Å². The van der Waals surface area contributed by atoms with Gasteiger partial charge in [0.2, 0.25) is 0 Å². The Hall–Kier alpha value is -2.55. The van der Waals surface area contributed by atoms with Crippen molar-refractivity contribution in [2.24, 2.45) is 0 Å². The predicted molar refractivity (Wildman–Crippen MR) is 102 cm³/mol. The van der Waals surface area contributed by atoms with Crippen molar-refractivity contribution in [2.75, 3.05) is 13.7 Å². The van der Waals surface area contributed by atoms with Gasteiger partial charge in [-0.2, -0.15) is 0 Å². The molecule has 0 radical (unpaired) electrons. The van der Waals surface area contributed by atoms with Crippen molar-refractivity contribution in [3.8, 4) is 5.75 Å². The van der Waals surface area contributed by atoms with Crippen molar-refractivity contribution in [2.45, 2.75) is 32.1 Å². The highest BCUT2D eigenvalue weighted by Crippen LogP contribution is 2.30. The Morgan fingerprint density at radius 3 is 2.36 bits per heavy atom. The van der Waals surface area contributed by atoms with Crippen LogP contribution in [-0.2, 0) is 9.53 Å². The third kappa shape index (κ3) is 4.50. The van der Waals surface area contributed by atoms with E-state index >= 15 is 0 Å². The molecule has 3 aromatic carbocycles. The van der Waals surface area contributed by atoms with Crippen LogP contribution < -0.4 is 4.74 Å². The largest absolute Gasteiger partial charge is 0.493 e. The van der Waals surface area contributed by atoms with Gasteiger partial charge in [0.15, 0.2) is 0 Å². The molecule has 0 aliphatic rings.